The molecule has 0 unspecified atom stereocenters. The van der Waals surface area contributed by atoms with Gasteiger partial charge < -0.3 is 4.74 Å². The Morgan fingerprint density at radius 3 is 2.59 bits per heavy atom. The van der Waals surface area contributed by atoms with Crippen molar-refractivity contribution in [3.05, 3.63) is 72.4 Å². The lowest BCUT2D eigenvalue weighted by Gasteiger charge is -2.15. The quantitative estimate of drug-likeness (QED) is 0.488. The van der Waals surface area contributed by atoms with E-state index in [4.69, 9.17) is 4.74 Å². The van der Waals surface area contributed by atoms with Gasteiger partial charge in [0.25, 0.3) is 0 Å². The van der Waals surface area contributed by atoms with Crippen LogP contribution in [0.15, 0.2) is 71.1 Å². The van der Waals surface area contributed by atoms with E-state index in [-0.39, 0.29) is 0 Å². The average molecular weight is 363 g/mol. The van der Waals surface area contributed by atoms with Crippen LogP contribution in [0.25, 0.3) is 11.1 Å². The third-order valence-corrected chi connectivity index (χ3v) is 3.81. The standard InChI is InChI=1S/C20H18FN5O/c1-14(19-6-4-5-9-23-19)25-26(22-2)18-11-16(10-17(21)12-18)15-7-8-20(27-3)24-13-15/h4-13H,2H2,1,3H3/b25-14+. The number of aromatic nitrogens is 2. The zero-order valence-corrected chi connectivity index (χ0v) is 15.0. The van der Waals surface area contributed by atoms with Crippen molar-refractivity contribution in [3.8, 4) is 17.0 Å². The van der Waals surface area contributed by atoms with E-state index in [1.807, 2.05) is 18.2 Å². The number of hydrogen-bond acceptors (Lipinski definition) is 6. The van der Waals surface area contributed by atoms with E-state index in [1.54, 1.807) is 37.5 Å². The predicted molar refractivity (Wildman–Crippen MR) is 105 cm³/mol. The Bertz CT molecular complexity index is 958. The summed E-state index contributed by atoms with van der Waals surface area (Å²) in [5, 5.41) is 9.56. The molecule has 0 aliphatic heterocycles. The van der Waals surface area contributed by atoms with Gasteiger partial charge in [0.2, 0.25) is 5.88 Å². The number of benzene rings is 1. The lowest BCUT2D eigenvalue weighted by molar-refractivity contribution is 0.398. The SMILES string of the molecule is C=NN(/N=C(\C)c1ccccn1)c1cc(F)cc(-c2ccc(OC)nc2)c1. The highest BCUT2D eigenvalue weighted by atomic mass is 19.1. The van der Waals surface area contributed by atoms with E-state index >= 15 is 0 Å². The fraction of sp³-hybridized carbons (Fsp3) is 0.100. The number of anilines is 1. The minimum atomic E-state index is -0.419. The van der Waals surface area contributed by atoms with Crippen LogP contribution in [0.1, 0.15) is 12.6 Å². The van der Waals surface area contributed by atoms with Gasteiger partial charge in [0, 0.05) is 36.8 Å². The predicted octanol–water partition coefficient (Wildman–Crippen LogP) is 4.14. The van der Waals surface area contributed by atoms with Gasteiger partial charge in [-0.3, -0.25) is 4.98 Å². The van der Waals surface area contributed by atoms with Gasteiger partial charge in [-0.15, -0.1) is 0 Å². The number of hydrogen-bond donors (Lipinski definition) is 0. The van der Waals surface area contributed by atoms with E-state index in [0.29, 0.717) is 28.5 Å². The van der Waals surface area contributed by atoms with Crippen LogP contribution >= 0.6 is 0 Å². The number of hydrazone groups is 2. The molecule has 0 atom stereocenters. The van der Waals surface area contributed by atoms with Crippen LogP contribution in [-0.2, 0) is 0 Å². The molecule has 0 saturated heterocycles. The summed E-state index contributed by atoms with van der Waals surface area (Å²) < 4.78 is 19.3. The number of methoxy groups -OCH3 is 1. The Morgan fingerprint density at radius 1 is 1.11 bits per heavy atom. The van der Waals surface area contributed by atoms with Gasteiger partial charge in [-0.2, -0.15) is 15.3 Å². The van der Waals surface area contributed by atoms with Gasteiger partial charge in [0.05, 0.1) is 24.2 Å². The third kappa shape index (κ3) is 4.33. The van der Waals surface area contributed by atoms with Crippen molar-refractivity contribution in [1.82, 2.24) is 9.97 Å². The molecule has 2 aromatic heterocycles. The Balaban J connectivity index is 1.97. The van der Waals surface area contributed by atoms with Crippen LogP contribution in [0.3, 0.4) is 0 Å². The van der Waals surface area contributed by atoms with E-state index in [9.17, 15) is 4.39 Å². The van der Waals surface area contributed by atoms with Crippen LogP contribution in [0, 0.1) is 5.82 Å². The van der Waals surface area contributed by atoms with Gasteiger partial charge in [0.15, 0.2) is 0 Å². The van der Waals surface area contributed by atoms with Crippen molar-refractivity contribution < 1.29 is 9.13 Å². The maximum Gasteiger partial charge on any atom is 0.212 e. The molecule has 2 heterocycles. The van der Waals surface area contributed by atoms with Crippen molar-refractivity contribution in [2.24, 2.45) is 10.2 Å². The molecule has 0 bridgehead atoms. The number of nitrogens with zero attached hydrogens (tertiary/aromatic N) is 5. The minimum Gasteiger partial charge on any atom is -0.481 e. The topological polar surface area (TPSA) is 63.0 Å². The van der Waals surface area contributed by atoms with Gasteiger partial charge in [-0.05, 0) is 42.8 Å². The highest BCUT2D eigenvalue weighted by Crippen LogP contribution is 2.27. The molecule has 3 rings (SSSR count). The Morgan fingerprint density at radius 2 is 1.96 bits per heavy atom. The van der Waals surface area contributed by atoms with Crippen LogP contribution in [0.2, 0.25) is 0 Å². The first kappa shape index (κ1) is 18.2. The second-order valence-electron chi connectivity index (χ2n) is 5.62. The average Bonchev–Trinajstić information content (AvgIpc) is 2.72. The smallest absolute Gasteiger partial charge is 0.212 e. The summed E-state index contributed by atoms with van der Waals surface area (Å²) in [6.45, 7) is 5.34. The van der Waals surface area contributed by atoms with Crippen molar-refractivity contribution in [1.29, 1.82) is 0 Å². The van der Waals surface area contributed by atoms with Gasteiger partial charge in [-0.1, -0.05) is 6.07 Å². The van der Waals surface area contributed by atoms with Crippen LogP contribution in [0.5, 0.6) is 5.88 Å². The largest absolute Gasteiger partial charge is 0.481 e. The molecule has 27 heavy (non-hydrogen) atoms. The van der Waals surface area contributed by atoms with Crippen LogP contribution < -0.4 is 9.85 Å². The molecule has 0 spiro atoms. The zero-order chi connectivity index (χ0) is 19.2. The van der Waals surface area contributed by atoms with Gasteiger partial charge in [0.1, 0.15) is 5.82 Å². The third-order valence-electron chi connectivity index (χ3n) is 3.81. The second-order valence-corrected chi connectivity index (χ2v) is 5.62. The molecule has 0 amide bonds. The summed E-state index contributed by atoms with van der Waals surface area (Å²) in [5.41, 5.74) is 3.14. The summed E-state index contributed by atoms with van der Waals surface area (Å²) in [6.07, 6.45) is 3.29. The molecule has 7 heteroatoms. The normalized spacial score (nSPS) is 11.1. The van der Waals surface area contributed by atoms with Crippen LogP contribution in [-0.4, -0.2) is 29.5 Å². The molecule has 0 saturated carbocycles. The maximum atomic E-state index is 14.2. The summed E-state index contributed by atoms with van der Waals surface area (Å²) in [5.74, 6) is 0.0676. The van der Waals surface area contributed by atoms with Gasteiger partial charge >= 0.3 is 0 Å². The molecule has 0 aliphatic carbocycles. The van der Waals surface area contributed by atoms with Crippen LogP contribution in [0.4, 0.5) is 10.1 Å². The summed E-state index contributed by atoms with van der Waals surface area (Å²) in [6, 6.07) is 13.6. The fourth-order valence-corrected chi connectivity index (χ4v) is 2.47. The zero-order valence-electron chi connectivity index (χ0n) is 15.0. The first-order valence-electron chi connectivity index (χ1n) is 8.15. The number of rotatable bonds is 6. The van der Waals surface area contributed by atoms with Crippen molar-refractivity contribution in [2.75, 3.05) is 12.2 Å². The Labute approximate surface area is 156 Å². The molecule has 0 N–H and O–H groups in total. The lowest BCUT2D eigenvalue weighted by Crippen LogP contribution is -2.12. The van der Waals surface area contributed by atoms with E-state index in [0.717, 1.165) is 5.56 Å². The molecule has 0 fully saturated rings. The first-order chi connectivity index (χ1) is 13.1. The second kappa shape index (κ2) is 8.18. The molecular formula is C20H18FN5O. The molecule has 1 aromatic carbocycles. The molecule has 136 valence electrons. The maximum absolute atomic E-state index is 14.2. The molecule has 0 aliphatic rings. The molecule has 3 aromatic rings. The molecule has 6 nitrogen and oxygen atoms in total. The highest BCUT2D eigenvalue weighted by molar-refractivity contribution is 5.97. The number of pyridine rings is 2. The monoisotopic (exact) mass is 363 g/mol. The molecular weight excluding hydrogens is 345 g/mol. The minimum absolute atomic E-state index is 0.419. The fourth-order valence-electron chi connectivity index (χ4n) is 2.47. The summed E-state index contributed by atoms with van der Waals surface area (Å²) >= 11 is 0. The van der Waals surface area contributed by atoms with E-state index in [1.165, 1.54) is 24.4 Å². The summed E-state index contributed by atoms with van der Waals surface area (Å²) in [7, 11) is 1.54. The number of ether oxygens (including phenoxy) is 1. The Hall–Kier alpha value is -3.61. The first-order valence-corrected chi connectivity index (χ1v) is 8.15. The van der Waals surface area contributed by atoms with Crippen molar-refractivity contribution in [3.63, 3.8) is 0 Å². The summed E-state index contributed by atoms with van der Waals surface area (Å²) in [4.78, 5) is 8.40. The lowest BCUT2D eigenvalue weighted by atomic mass is 10.1. The van der Waals surface area contributed by atoms with Crippen molar-refractivity contribution >= 4 is 18.1 Å². The Kier molecular flexibility index (Phi) is 5.51. The van der Waals surface area contributed by atoms with E-state index in [2.05, 4.69) is 26.9 Å². The van der Waals surface area contributed by atoms with Crippen molar-refractivity contribution in [2.45, 2.75) is 6.92 Å². The number of halogens is 1. The highest BCUT2D eigenvalue weighted by Gasteiger charge is 2.10. The van der Waals surface area contributed by atoms with E-state index < -0.39 is 5.82 Å². The molecule has 0 radical (unpaired) electrons. The van der Waals surface area contributed by atoms with Gasteiger partial charge in [-0.25, -0.2) is 9.37 Å².